The average Bonchev–Trinajstić information content (AvgIpc) is 2.51. The van der Waals surface area contributed by atoms with E-state index in [4.69, 9.17) is 0 Å². The minimum absolute atomic E-state index is 0.0491. The molecule has 0 saturated heterocycles. The van der Waals surface area contributed by atoms with Crippen LogP contribution in [0.1, 0.15) is 40.2 Å². The lowest BCUT2D eigenvalue weighted by Gasteiger charge is -2.32. The van der Waals surface area contributed by atoms with Gasteiger partial charge in [0, 0.05) is 51.5 Å². The van der Waals surface area contributed by atoms with Crippen LogP contribution in [0.3, 0.4) is 0 Å². The van der Waals surface area contributed by atoms with Crippen molar-refractivity contribution in [1.82, 2.24) is 10.2 Å². The van der Waals surface area contributed by atoms with Gasteiger partial charge >= 0.3 is 6.03 Å². The zero-order chi connectivity index (χ0) is 19.1. The van der Waals surface area contributed by atoms with Crippen molar-refractivity contribution in [2.24, 2.45) is 5.92 Å². The number of hydrogen-bond acceptors (Lipinski definition) is 3. The van der Waals surface area contributed by atoms with Gasteiger partial charge < -0.3 is 20.4 Å². The zero-order valence-corrected chi connectivity index (χ0v) is 16.5. The Morgan fingerprint density at radius 3 is 2.28 bits per heavy atom. The van der Waals surface area contributed by atoms with Gasteiger partial charge in [-0.3, -0.25) is 4.79 Å². The Balaban J connectivity index is 3.15. The maximum absolute atomic E-state index is 12.2. The Labute approximate surface area is 151 Å². The van der Waals surface area contributed by atoms with Gasteiger partial charge in [0.25, 0.3) is 0 Å². The number of urea groups is 1. The van der Waals surface area contributed by atoms with Crippen LogP contribution in [0.4, 0.5) is 16.2 Å². The van der Waals surface area contributed by atoms with Crippen LogP contribution in [0.15, 0.2) is 18.2 Å². The fourth-order valence-corrected chi connectivity index (χ4v) is 2.65. The molecule has 1 rings (SSSR count). The molecule has 2 N–H and O–H groups in total. The molecule has 0 heterocycles. The molecule has 0 aliphatic rings. The molecule has 0 saturated carbocycles. The molecule has 0 bridgehead atoms. The van der Waals surface area contributed by atoms with Crippen LogP contribution >= 0.6 is 0 Å². The number of benzene rings is 1. The van der Waals surface area contributed by atoms with Gasteiger partial charge in [-0.05, 0) is 43.5 Å². The highest BCUT2D eigenvalue weighted by atomic mass is 16.2. The summed E-state index contributed by atoms with van der Waals surface area (Å²) in [5.41, 5.74) is 2.75. The first-order chi connectivity index (χ1) is 11.7. The first-order valence-electron chi connectivity index (χ1n) is 8.79. The molecule has 0 radical (unpaired) electrons. The highest BCUT2D eigenvalue weighted by Crippen LogP contribution is 2.26. The topological polar surface area (TPSA) is 64.7 Å². The summed E-state index contributed by atoms with van der Waals surface area (Å²) in [5, 5.41) is 5.55. The van der Waals surface area contributed by atoms with E-state index in [9.17, 15) is 9.59 Å². The van der Waals surface area contributed by atoms with E-state index in [1.54, 1.807) is 6.92 Å². The molecule has 1 aromatic carbocycles. The first kappa shape index (κ1) is 20.8. The molecule has 3 amide bonds. The molecular formula is C19H32N4O2. The van der Waals surface area contributed by atoms with Gasteiger partial charge in [-0.25, -0.2) is 4.79 Å². The Morgan fingerprint density at radius 1 is 1.16 bits per heavy atom. The van der Waals surface area contributed by atoms with E-state index in [2.05, 4.69) is 31.4 Å². The third-order valence-corrected chi connectivity index (χ3v) is 4.36. The lowest BCUT2D eigenvalue weighted by molar-refractivity contribution is -0.132. The Morgan fingerprint density at radius 2 is 1.80 bits per heavy atom. The average molecular weight is 348 g/mol. The summed E-state index contributed by atoms with van der Waals surface area (Å²) in [5.74, 6) is 0.413. The lowest BCUT2D eigenvalue weighted by Crippen LogP contribution is -2.39. The van der Waals surface area contributed by atoms with Crippen LogP contribution in [0.5, 0.6) is 0 Å². The van der Waals surface area contributed by atoms with E-state index < -0.39 is 0 Å². The second-order valence-electron chi connectivity index (χ2n) is 6.85. The molecule has 0 spiro atoms. The van der Waals surface area contributed by atoms with Crippen molar-refractivity contribution >= 4 is 23.3 Å². The molecule has 1 atom stereocenters. The number of rotatable bonds is 7. The van der Waals surface area contributed by atoms with E-state index in [1.165, 1.54) is 0 Å². The lowest BCUT2D eigenvalue weighted by atomic mass is 10.0. The number of hydrogen-bond donors (Lipinski definition) is 2. The van der Waals surface area contributed by atoms with E-state index in [0.29, 0.717) is 24.7 Å². The van der Waals surface area contributed by atoms with E-state index in [0.717, 1.165) is 11.3 Å². The molecule has 0 aromatic heterocycles. The van der Waals surface area contributed by atoms with Gasteiger partial charge in [-0.1, -0.05) is 13.8 Å². The van der Waals surface area contributed by atoms with Crippen molar-refractivity contribution in [2.45, 2.75) is 47.2 Å². The predicted molar refractivity (Wildman–Crippen MR) is 104 cm³/mol. The second-order valence-corrected chi connectivity index (χ2v) is 6.85. The van der Waals surface area contributed by atoms with Crippen LogP contribution in [-0.2, 0) is 11.3 Å². The number of anilines is 2. The summed E-state index contributed by atoms with van der Waals surface area (Å²) in [4.78, 5) is 27.8. The largest absolute Gasteiger partial charge is 0.377 e. The summed E-state index contributed by atoms with van der Waals surface area (Å²) in [6.45, 7) is 10.8. The third kappa shape index (κ3) is 5.96. The monoisotopic (exact) mass is 348 g/mol. The number of amides is 3. The maximum Gasteiger partial charge on any atom is 0.319 e. The summed E-state index contributed by atoms with van der Waals surface area (Å²) < 4.78 is 0. The normalized spacial score (nSPS) is 11.8. The van der Waals surface area contributed by atoms with Crippen LogP contribution in [-0.4, -0.2) is 43.5 Å². The molecule has 0 aliphatic carbocycles. The highest BCUT2D eigenvalue weighted by molar-refractivity contribution is 5.89. The second kappa shape index (κ2) is 9.30. The van der Waals surface area contributed by atoms with Crippen LogP contribution in [0.2, 0.25) is 0 Å². The molecular weight excluding hydrogens is 316 g/mol. The van der Waals surface area contributed by atoms with Crippen molar-refractivity contribution < 1.29 is 9.59 Å². The summed E-state index contributed by atoms with van der Waals surface area (Å²) in [6, 6.07) is 5.68. The molecule has 1 aromatic rings. The fraction of sp³-hybridized carbons (Fsp3) is 0.579. The highest BCUT2D eigenvalue weighted by Gasteiger charge is 2.21. The van der Waals surface area contributed by atoms with Gasteiger partial charge in [0.1, 0.15) is 0 Å². The Bertz CT molecular complexity index is 599. The van der Waals surface area contributed by atoms with Gasteiger partial charge in [0.15, 0.2) is 0 Å². The minimum Gasteiger partial charge on any atom is -0.377 e. The molecule has 0 unspecified atom stereocenters. The van der Waals surface area contributed by atoms with E-state index in [1.807, 2.05) is 49.0 Å². The quantitative estimate of drug-likeness (QED) is 0.795. The maximum atomic E-state index is 12.2. The van der Waals surface area contributed by atoms with E-state index in [-0.39, 0.29) is 18.0 Å². The van der Waals surface area contributed by atoms with Crippen molar-refractivity contribution in [3.8, 4) is 0 Å². The van der Waals surface area contributed by atoms with Crippen LogP contribution in [0.25, 0.3) is 0 Å². The van der Waals surface area contributed by atoms with Gasteiger partial charge in [0.05, 0.1) is 0 Å². The Kier molecular flexibility index (Phi) is 7.74. The zero-order valence-electron chi connectivity index (χ0n) is 16.5. The molecule has 6 heteroatoms. The number of carbonyl (C=O) groups is 2. The van der Waals surface area contributed by atoms with Gasteiger partial charge in [-0.15, -0.1) is 0 Å². The number of nitrogens with one attached hydrogen (secondary N) is 2. The van der Waals surface area contributed by atoms with Gasteiger partial charge in [-0.2, -0.15) is 0 Å². The smallest absolute Gasteiger partial charge is 0.319 e. The summed E-state index contributed by atoms with van der Waals surface area (Å²) >= 11 is 0. The standard InChI is InChI=1S/C19H32N4O2/c1-8-20-19(25)21-17-9-10-18(22(6)7)16(11-17)12-23(15(5)24)14(4)13(2)3/h9-11,13-14H,8,12H2,1-7H3,(H2,20,21,25)/t14-/m1/s1. The summed E-state index contributed by atoms with van der Waals surface area (Å²) in [7, 11) is 3.94. The fourth-order valence-electron chi connectivity index (χ4n) is 2.65. The summed E-state index contributed by atoms with van der Waals surface area (Å²) in [6.07, 6.45) is 0. The predicted octanol–water partition coefficient (Wildman–Crippen LogP) is 3.29. The Hall–Kier alpha value is -2.24. The molecule has 6 nitrogen and oxygen atoms in total. The first-order valence-corrected chi connectivity index (χ1v) is 8.79. The molecule has 140 valence electrons. The van der Waals surface area contributed by atoms with Gasteiger partial charge in [0.2, 0.25) is 5.91 Å². The van der Waals surface area contributed by atoms with Crippen LogP contribution < -0.4 is 15.5 Å². The SMILES string of the molecule is CCNC(=O)Nc1ccc(N(C)C)c(CN(C(C)=O)[C@H](C)C(C)C)c1. The number of carbonyl (C=O) groups excluding carboxylic acids is 2. The molecule has 0 aliphatic heterocycles. The third-order valence-electron chi connectivity index (χ3n) is 4.36. The minimum atomic E-state index is -0.231. The van der Waals surface area contributed by atoms with Crippen molar-refractivity contribution in [2.75, 3.05) is 30.9 Å². The van der Waals surface area contributed by atoms with Crippen molar-refractivity contribution in [3.05, 3.63) is 23.8 Å². The van der Waals surface area contributed by atoms with Crippen molar-refractivity contribution in [3.63, 3.8) is 0 Å². The van der Waals surface area contributed by atoms with Crippen LogP contribution in [0, 0.1) is 5.92 Å². The van der Waals surface area contributed by atoms with E-state index >= 15 is 0 Å². The molecule has 25 heavy (non-hydrogen) atoms. The molecule has 0 fully saturated rings. The van der Waals surface area contributed by atoms with Crippen molar-refractivity contribution in [1.29, 1.82) is 0 Å². The number of nitrogens with zero attached hydrogens (tertiary/aromatic N) is 2.